The number of aromatic nitrogens is 2. The van der Waals surface area contributed by atoms with E-state index in [0.717, 1.165) is 99.0 Å². The van der Waals surface area contributed by atoms with Crippen LogP contribution in [-0.4, -0.2) is 253 Å². The number of halogens is 1. The molecule has 3 amide bonds. The van der Waals surface area contributed by atoms with Crippen molar-refractivity contribution >= 4 is 106 Å². The number of nitrogens with zero attached hydrogens (tertiary/aromatic N) is 7. The minimum Gasteiger partial charge on any atom is -0.444 e. The van der Waals surface area contributed by atoms with Gasteiger partial charge in [-0.05, 0) is 212 Å². The SMILES string of the molecule is C1C[C@@H]2CCN[C@@H]2C1.CC(C)(C)OC(=O)N1CC[C@H]2CCC[C@H]21.CC(C)(C)OC(=O)N1CC[C@H]2CN(S(=O)(=O)c3cccc4cnccc34)C[C@H]21.CC(C)(C)OC(=O)N1CC[C@H]2CNC[C@H]21.O=C1C=CC(=O)C1.O=C1CC(=O)C(NCCCl)C1.O=C1CC(=O)[C@@H]2CCN[C@H]12.O=S(=O)(c1cccc2cnccc12)N1C[C@@H]2CCN[C@@H]2C1. The van der Waals surface area contributed by atoms with Gasteiger partial charge >= 0.3 is 18.3 Å². The number of rotatable bonds is 7. The lowest BCUT2D eigenvalue weighted by atomic mass is 10.0. The Morgan fingerprint density at radius 2 is 1.02 bits per heavy atom. The van der Waals surface area contributed by atoms with E-state index >= 15 is 0 Å². The molecule has 115 heavy (non-hydrogen) atoms. The fourth-order valence-corrected chi connectivity index (χ4v) is 21.9. The number of sulfonamides is 2. The molecule has 14 aliphatic rings. The summed E-state index contributed by atoms with van der Waals surface area (Å²) in [4.78, 5) is 115. The van der Waals surface area contributed by atoms with Gasteiger partial charge < -0.3 is 55.5 Å². The van der Waals surface area contributed by atoms with E-state index in [1.165, 1.54) is 74.4 Å². The van der Waals surface area contributed by atoms with Crippen molar-refractivity contribution in [2.24, 2.45) is 35.5 Å². The first-order chi connectivity index (χ1) is 54.5. The third-order valence-corrected chi connectivity index (χ3v) is 27.8. The van der Waals surface area contributed by atoms with Crippen LogP contribution in [-0.2, 0) is 63.0 Å². The quantitative estimate of drug-likeness (QED) is 0.0654. The topological polar surface area (TPSA) is 352 Å². The van der Waals surface area contributed by atoms with Crippen molar-refractivity contribution in [3.05, 3.63) is 85.5 Å². The Hall–Kier alpha value is -7.26. The molecule has 630 valence electrons. The number of likely N-dealkylation sites (tertiary alicyclic amines) is 3. The summed E-state index contributed by atoms with van der Waals surface area (Å²) in [6, 6.07) is 15.7. The molecule has 5 aliphatic carbocycles. The Morgan fingerprint density at radius 1 is 0.504 bits per heavy atom. The van der Waals surface area contributed by atoms with E-state index in [2.05, 4.69) is 36.6 Å². The fraction of sp³-hybridized carbons (Fsp3) is 0.655. The smallest absolute Gasteiger partial charge is 0.410 e. The Balaban J connectivity index is 0.000000134. The number of allylic oxidation sites excluding steroid dienone is 2. The maximum atomic E-state index is 13.4. The van der Waals surface area contributed by atoms with Gasteiger partial charge in [-0.3, -0.25) is 38.7 Å². The zero-order chi connectivity index (χ0) is 82.7. The molecule has 2 aromatic heterocycles. The van der Waals surface area contributed by atoms with Gasteiger partial charge in [0.1, 0.15) is 28.4 Å². The number of hydrogen-bond acceptors (Lipinski definition) is 23. The maximum Gasteiger partial charge on any atom is 0.410 e. The van der Waals surface area contributed by atoms with Gasteiger partial charge in [-0.15, -0.1) is 11.6 Å². The molecule has 0 bridgehead atoms. The van der Waals surface area contributed by atoms with Crippen molar-refractivity contribution in [2.45, 2.75) is 234 Å². The molecule has 13 atom stereocenters. The highest BCUT2D eigenvalue weighted by atomic mass is 35.5. The second-order valence-corrected chi connectivity index (χ2v) is 39.6. The van der Waals surface area contributed by atoms with E-state index in [-0.39, 0.29) is 118 Å². The summed E-state index contributed by atoms with van der Waals surface area (Å²) < 4.78 is 72.1. The van der Waals surface area contributed by atoms with Gasteiger partial charge in [0, 0.05) is 148 Å². The van der Waals surface area contributed by atoms with Gasteiger partial charge in [0.05, 0.1) is 53.2 Å². The first-order valence-corrected chi connectivity index (χ1v) is 44.7. The van der Waals surface area contributed by atoms with Gasteiger partial charge in [0.2, 0.25) is 20.0 Å². The van der Waals surface area contributed by atoms with Gasteiger partial charge in [0.25, 0.3) is 0 Å². The maximum absolute atomic E-state index is 13.4. The van der Waals surface area contributed by atoms with E-state index < -0.39 is 25.6 Å². The number of fused-ring (bicyclic) bond motifs is 8. The first kappa shape index (κ1) is 88.5. The number of carbonyl (C=O) groups excluding carboxylic acids is 9. The third kappa shape index (κ3) is 23.0. The predicted octanol–water partition coefficient (Wildman–Crippen LogP) is 8.95. The second kappa shape index (κ2) is 38.6. The predicted molar refractivity (Wildman–Crippen MR) is 436 cm³/mol. The first-order valence-electron chi connectivity index (χ1n) is 41.2. The molecule has 9 saturated heterocycles. The van der Waals surface area contributed by atoms with Crippen molar-refractivity contribution in [1.82, 2.24) is 59.9 Å². The van der Waals surface area contributed by atoms with E-state index in [1.807, 2.05) is 84.2 Å². The lowest BCUT2D eigenvalue weighted by Crippen LogP contribution is -2.43. The molecule has 13 fully saturated rings. The third-order valence-electron chi connectivity index (χ3n) is 23.8. The molecular formula is C84H119ClN12O16S2. The van der Waals surface area contributed by atoms with Gasteiger partial charge in [-0.1, -0.05) is 37.1 Å². The monoisotopic (exact) mass is 1650 g/mol. The summed E-state index contributed by atoms with van der Waals surface area (Å²) in [7, 11) is -7.11. The number of nitrogens with one attached hydrogen (secondary N) is 5. The Labute approximate surface area is 682 Å². The average Bonchev–Trinajstić information content (AvgIpc) is 1.63. The minimum absolute atomic E-state index is 0.000108. The van der Waals surface area contributed by atoms with Gasteiger partial charge in [-0.25, -0.2) is 31.2 Å². The van der Waals surface area contributed by atoms with E-state index in [4.69, 9.17) is 25.8 Å². The summed E-state index contributed by atoms with van der Waals surface area (Å²) in [6.45, 7) is 26.9. The summed E-state index contributed by atoms with van der Waals surface area (Å²) in [5.41, 5.74) is -1.33. The summed E-state index contributed by atoms with van der Waals surface area (Å²) in [5, 5.41) is 19.2. The van der Waals surface area contributed by atoms with Crippen LogP contribution in [0.5, 0.6) is 0 Å². The van der Waals surface area contributed by atoms with Crippen molar-refractivity contribution < 1.29 is 74.2 Å². The van der Waals surface area contributed by atoms with Crippen LogP contribution in [0.4, 0.5) is 14.4 Å². The molecule has 28 nitrogen and oxygen atoms in total. The summed E-state index contributed by atoms with van der Waals surface area (Å²) in [6.07, 6.45) is 23.9. The number of ketones is 6. The standard InChI is InChI=1S/C20H25N3O4S.C15H17N3O2S.C12H21NO2.C11H20N2O2.C7H10ClNO2.C7H9NO2.C7H13N.C5H4O2/c1-20(2,3)27-19(24)23-10-8-15-12-22(13-17(15)23)28(25,26)18-6-4-5-14-11-21-9-7-16(14)18;19-21(20,18-9-12-4-7-17-14(12)10-18)15-3-1-2-11-8-16-6-5-13(11)15;1-12(2,3)15-11(14)13-8-7-9-5-4-6-10(9)13;1-11(2,3)15-10(14)13-5-4-8-6-12-7-9(8)13;8-1-2-9-6-3-5(10)4-7(6)11;9-5-3-6(10)7-4(5)1-2-8-7;1-2-6-4-5-8-7(6)3-1;6-4-1-2-5(7)3-4/h4-7,9,11,15,17H,8,10,12-13H2,1-3H3;1-3,5-6,8,12,14,17H,4,7,9-10H2;9-10H,4-8H2,1-3H3;8-9,12H,4-7H2,1-3H3;6,9H,1-4H2;4,7-8H,1-3H2;6-8H,1-5H2;1-2H,3H2/t15-,17+;12-,14+;9-,10-;8-,9+;;4-,7-;6-,7-;/m0010.01./s1. The number of alkyl halides is 1. The Morgan fingerprint density at radius 3 is 1.55 bits per heavy atom. The largest absolute Gasteiger partial charge is 0.444 e. The van der Waals surface area contributed by atoms with Crippen LogP contribution in [0, 0.1) is 35.5 Å². The van der Waals surface area contributed by atoms with Crippen molar-refractivity contribution in [2.75, 3.05) is 91.0 Å². The van der Waals surface area contributed by atoms with Crippen molar-refractivity contribution in [3.8, 4) is 0 Å². The Kier molecular flexibility index (Phi) is 29.8. The van der Waals surface area contributed by atoms with Crippen LogP contribution in [0.1, 0.15) is 165 Å². The number of benzene rings is 2. The molecule has 9 aliphatic heterocycles. The molecule has 5 N–H and O–H groups in total. The van der Waals surface area contributed by atoms with Crippen molar-refractivity contribution in [1.29, 1.82) is 0 Å². The highest BCUT2D eigenvalue weighted by Crippen LogP contribution is 2.41. The molecule has 2 aromatic carbocycles. The lowest BCUT2D eigenvalue weighted by molar-refractivity contribution is -0.124. The minimum atomic E-state index is -3.66. The number of amides is 3. The molecule has 18 rings (SSSR count). The zero-order valence-corrected chi connectivity index (χ0v) is 70.5. The normalized spacial score (nSPS) is 28.4. The van der Waals surface area contributed by atoms with Crippen LogP contribution < -0.4 is 26.6 Å². The highest BCUT2D eigenvalue weighted by molar-refractivity contribution is 7.89. The average molecular weight is 1650 g/mol. The molecule has 4 saturated carbocycles. The number of pyridine rings is 2. The molecule has 4 aromatic rings. The van der Waals surface area contributed by atoms with Gasteiger partial charge in [-0.2, -0.15) is 8.61 Å². The number of Topliss-reactive ketones (excluding diaryl/α,β-unsaturated/α-hetero) is 4. The van der Waals surface area contributed by atoms with Crippen molar-refractivity contribution in [3.63, 3.8) is 0 Å². The number of carbonyl (C=O) groups is 9. The summed E-state index contributed by atoms with van der Waals surface area (Å²) >= 11 is 5.41. The van der Waals surface area contributed by atoms with Gasteiger partial charge in [0.15, 0.2) is 23.1 Å². The highest BCUT2D eigenvalue weighted by Gasteiger charge is 2.50. The zero-order valence-electron chi connectivity index (χ0n) is 68.2. The molecule has 31 heteroatoms. The Bertz CT molecular complexity index is 4300. The molecule has 0 spiro atoms. The summed E-state index contributed by atoms with van der Waals surface area (Å²) in [5.74, 6) is 3.63. The van der Waals surface area contributed by atoms with E-state index in [0.29, 0.717) is 91.8 Å². The van der Waals surface area contributed by atoms with Crippen LogP contribution in [0.2, 0.25) is 0 Å². The van der Waals surface area contributed by atoms with E-state index in [1.54, 1.807) is 70.4 Å². The molecule has 1 unspecified atom stereocenters. The second-order valence-electron chi connectivity index (χ2n) is 35.4. The van der Waals surface area contributed by atoms with E-state index in [9.17, 15) is 60.0 Å². The molecule has 11 heterocycles. The van der Waals surface area contributed by atoms with Crippen LogP contribution in [0.15, 0.2) is 95.3 Å². The van der Waals surface area contributed by atoms with Crippen LogP contribution in [0.25, 0.3) is 21.5 Å². The fourth-order valence-electron chi connectivity index (χ4n) is 18.3. The lowest BCUT2D eigenvalue weighted by Gasteiger charge is -2.28. The van der Waals surface area contributed by atoms with Crippen LogP contribution in [0.3, 0.4) is 0 Å². The molecule has 0 radical (unpaired) electrons. The number of hydrogen-bond donors (Lipinski definition) is 5. The molecular weight excluding hydrogens is 1530 g/mol. The van der Waals surface area contributed by atoms with Crippen LogP contribution >= 0.6 is 11.6 Å². The number of ether oxygens (including phenoxy) is 3.